The average molecular weight is 312 g/mol. The van der Waals surface area contributed by atoms with Crippen LogP contribution in [0.15, 0.2) is 34.9 Å². The minimum Gasteiger partial charge on any atom is -0.481 e. The number of halogens is 2. The molecule has 1 unspecified atom stereocenters. The van der Waals surface area contributed by atoms with E-state index < -0.39 is 10.8 Å². The molecule has 2 aliphatic rings. The van der Waals surface area contributed by atoms with Gasteiger partial charge in [0, 0.05) is 11.5 Å². The normalized spacial score (nSPS) is 35.1. The van der Waals surface area contributed by atoms with Gasteiger partial charge in [0.15, 0.2) is 4.87 Å². The highest BCUT2D eigenvalue weighted by Crippen LogP contribution is 2.59. The molecular weight excluding hydrogens is 297 g/mol. The number of rotatable bonds is 3. The number of aliphatic carboxylic acids is 1. The SMILES string of the molecule is CC1(C)[C@@H](/C=C\C2=C(Cl)CC(Cl)(C#N)C=C2)[C@@H]1C(=O)O. The molecule has 1 fully saturated rings. The zero-order chi connectivity index (χ0) is 15.1. The highest BCUT2D eigenvalue weighted by molar-refractivity contribution is 6.33. The smallest absolute Gasteiger partial charge is 0.307 e. The van der Waals surface area contributed by atoms with Crippen molar-refractivity contribution in [2.24, 2.45) is 17.3 Å². The van der Waals surface area contributed by atoms with Gasteiger partial charge in [-0.1, -0.05) is 55.3 Å². The summed E-state index contributed by atoms with van der Waals surface area (Å²) >= 11 is 12.2. The van der Waals surface area contributed by atoms with E-state index in [2.05, 4.69) is 0 Å². The number of carbonyl (C=O) groups is 1. The van der Waals surface area contributed by atoms with Gasteiger partial charge in [0.25, 0.3) is 0 Å². The van der Waals surface area contributed by atoms with E-state index >= 15 is 0 Å². The van der Waals surface area contributed by atoms with Gasteiger partial charge in [0.2, 0.25) is 0 Å². The Morgan fingerprint density at radius 1 is 1.60 bits per heavy atom. The zero-order valence-corrected chi connectivity index (χ0v) is 12.7. The van der Waals surface area contributed by atoms with Crippen LogP contribution in [0.3, 0.4) is 0 Å². The first-order valence-corrected chi connectivity index (χ1v) is 7.06. The van der Waals surface area contributed by atoms with Crippen LogP contribution in [0.4, 0.5) is 0 Å². The maximum Gasteiger partial charge on any atom is 0.307 e. The topological polar surface area (TPSA) is 61.1 Å². The Morgan fingerprint density at radius 2 is 2.25 bits per heavy atom. The fourth-order valence-corrected chi connectivity index (χ4v) is 3.24. The van der Waals surface area contributed by atoms with Crippen LogP contribution in [-0.2, 0) is 4.79 Å². The first kappa shape index (κ1) is 15.2. The largest absolute Gasteiger partial charge is 0.481 e. The van der Waals surface area contributed by atoms with Crippen molar-refractivity contribution < 1.29 is 9.90 Å². The van der Waals surface area contributed by atoms with Crippen LogP contribution in [0, 0.1) is 28.6 Å². The Bertz CT molecular complexity index is 583. The zero-order valence-electron chi connectivity index (χ0n) is 11.2. The van der Waals surface area contributed by atoms with Crippen LogP contribution in [-0.4, -0.2) is 16.0 Å². The number of hydrogen-bond acceptors (Lipinski definition) is 2. The lowest BCUT2D eigenvalue weighted by Gasteiger charge is -2.19. The molecule has 1 saturated carbocycles. The summed E-state index contributed by atoms with van der Waals surface area (Å²) in [4.78, 5) is 10.0. The van der Waals surface area contributed by atoms with Gasteiger partial charge in [-0.25, -0.2) is 0 Å². The van der Waals surface area contributed by atoms with Gasteiger partial charge >= 0.3 is 5.97 Å². The number of nitriles is 1. The standard InChI is InChI=1S/C15H15Cl2NO2/c1-14(2)10(12(14)13(19)20)4-3-9-5-6-15(17,8-18)7-11(9)16/h3-6,10,12H,7H2,1-2H3,(H,19,20)/b4-3-/t10-,12+,15?/m0/s1. The van der Waals surface area contributed by atoms with Crippen molar-refractivity contribution in [1.82, 2.24) is 0 Å². The summed E-state index contributed by atoms with van der Waals surface area (Å²) in [7, 11) is 0. The van der Waals surface area contributed by atoms with Crippen molar-refractivity contribution in [3.63, 3.8) is 0 Å². The second-order valence-electron chi connectivity index (χ2n) is 5.87. The summed E-state index contributed by atoms with van der Waals surface area (Å²) in [6, 6.07) is 2.00. The number of hydrogen-bond donors (Lipinski definition) is 1. The highest BCUT2D eigenvalue weighted by atomic mass is 35.5. The molecule has 2 rings (SSSR count). The van der Waals surface area contributed by atoms with E-state index in [0.29, 0.717) is 5.03 Å². The van der Waals surface area contributed by atoms with Crippen LogP contribution >= 0.6 is 23.2 Å². The third kappa shape index (κ3) is 2.63. The molecule has 5 heteroatoms. The Morgan fingerprint density at radius 3 is 2.70 bits per heavy atom. The van der Waals surface area contributed by atoms with Gasteiger partial charge in [-0.15, -0.1) is 0 Å². The number of nitrogens with zero attached hydrogens (tertiary/aromatic N) is 1. The molecule has 0 saturated heterocycles. The van der Waals surface area contributed by atoms with Gasteiger partial charge in [-0.3, -0.25) is 4.79 Å². The molecule has 3 atom stereocenters. The minimum absolute atomic E-state index is 0.00372. The second-order valence-corrected chi connectivity index (χ2v) is 7.00. The van der Waals surface area contributed by atoms with Crippen molar-refractivity contribution in [3.05, 3.63) is 34.9 Å². The summed E-state index contributed by atoms with van der Waals surface area (Å²) in [6.45, 7) is 3.87. The molecule has 0 aliphatic heterocycles. The first-order valence-electron chi connectivity index (χ1n) is 6.30. The maximum absolute atomic E-state index is 11.1. The quantitative estimate of drug-likeness (QED) is 0.805. The number of carboxylic acid groups (broad SMARTS) is 1. The van der Waals surface area contributed by atoms with Gasteiger partial charge in [0.05, 0.1) is 12.0 Å². The molecule has 0 heterocycles. The maximum atomic E-state index is 11.1. The van der Waals surface area contributed by atoms with E-state index in [1.165, 1.54) is 0 Å². The Kier molecular flexibility index (Phi) is 3.75. The van der Waals surface area contributed by atoms with E-state index in [1.54, 1.807) is 12.2 Å². The third-order valence-electron chi connectivity index (χ3n) is 4.10. The van der Waals surface area contributed by atoms with Crippen LogP contribution in [0.2, 0.25) is 0 Å². The van der Waals surface area contributed by atoms with Crippen molar-refractivity contribution in [2.75, 3.05) is 0 Å². The summed E-state index contributed by atoms with van der Waals surface area (Å²) in [5.41, 5.74) is 0.557. The Hall–Kier alpha value is -1.24. The molecule has 0 bridgehead atoms. The van der Waals surface area contributed by atoms with Crippen LogP contribution in [0.1, 0.15) is 20.3 Å². The van der Waals surface area contributed by atoms with Crippen LogP contribution in [0.25, 0.3) is 0 Å². The minimum atomic E-state index is -1.07. The van der Waals surface area contributed by atoms with Crippen molar-refractivity contribution in [1.29, 1.82) is 5.26 Å². The van der Waals surface area contributed by atoms with Crippen molar-refractivity contribution in [3.8, 4) is 6.07 Å². The lowest BCUT2D eigenvalue weighted by atomic mass is 9.96. The molecule has 0 amide bonds. The van der Waals surface area contributed by atoms with Gasteiger partial charge in [0.1, 0.15) is 0 Å². The van der Waals surface area contributed by atoms with E-state index in [0.717, 1.165) is 5.57 Å². The van der Waals surface area contributed by atoms with Crippen molar-refractivity contribution >= 4 is 29.2 Å². The van der Waals surface area contributed by atoms with Gasteiger partial charge < -0.3 is 5.11 Å². The fraction of sp³-hybridized carbons (Fsp3) is 0.467. The molecular formula is C15H15Cl2NO2. The summed E-state index contributed by atoms with van der Waals surface area (Å²) in [5, 5.41) is 18.6. The molecule has 0 aromatic carbocycles. The monoisotopic (exact) mass is 311 g/mol. The Labute approximate surface area is 128 Å². The lowest BCUT2D eigenvalue weighted by Crippen LogP contribution is -2.18. The molecule has 0 radical (unpaired) electrons. The number of allylic oxidation sites excluding steroid dienone is 6. The summed E-state index contributed by atoms with van der Waals surface area (Å²) in [5.74, 6) is -1.12. The van der Waals surface area contributed by atoms with E-state index in [-0.39, 0.29) is 23.7 Å². The molecule has 0 aromatic rings. The molecule has 20 heavy (non-hydrogen) atoms. The van der Waals surface area contributed by atoms with Crippen LogP contribution in [0.5, 0.6) is 0 Å². The van der Waals surface area contributed by atoms with E-state index in [4.69, 9.17) is 33.6 Å². The van der Waals surface area contributed by atoms with Gasteiger partial charge in [-0.05, 0) is 23.0 Å². The van der Waals surface area contributed by atoms with Gasteiger partial charge in [-0.2, -0.15) is 5.26 Å². The molecule has 1 N–H and O–H groups in total. The summed E-state index contributed by atoms with van der Waals surface area (Å²) < 4.78 is 0. The second kappa shape index (κ2) is 4.95. The molecule has 3 nitrogen and oxygen atoms in total. The van der Waals surface area contributed by atoms with Crippen LogP contribution < -0.4 is 0 Å². The molecule has 106 valence electrons. The summed E-state index contributed by atoms with van der Waals surface area (Å²) in [6.07, 6.45) is 7.30. The number of alkyl halides is 1. The lowest BCUT2D eigenvalue weighted by molar-refractivity contribution is -0.139. The number of carboxylic acids is 1. The highest BCUT2D eigenvalue weighted by Gasteiger charge is 2.60. The average Bonchev–Trinajstić information content (AvgIpc) is 2.90. The predicted octanol–water partition coefficient (Wildman–Crippen LogP) is 3.85. The molecule has 0 spiro atoms. The third-order valence-corrected chi connectivity index (χ3v) is 4.79. The predicted molar refractivity (Wildman–Crippen MR) is 78.4 cm³/mol. The molecule has 0 aromatic heterocycles. The fourth-order valence-electron chi connectivity index (χ4n) is 2.64. The van der Waals surface area contributed by atoms with E-state index in [9.17, 15) is 4.79 Å². The Balaban J connectivity index is 2.12. The molecule has 2 aliphatic carbocycles. The first-order chi connectivity index (χ1) is 9.21. The van der Waals surface area contributed by atoms with E-state index in [1.807, 2.05) is 32.1 Å². The van der Waals surface area contributed by atoms with Crippen molar-refractivity contribution in [2.45, 2.75) is 25.1 Å².